The topological polar surface area (TPSA) is 76.6 Å². The summed E-state index contributed by atoms with van der Waals surface area (Å²) in [5, 5.41) is 3.03. The molecule has 1 fully saturated rings. The van der Waals surface area contributed by atoms with Gasteiger partial charge in [0.1, 0.15) is 0 Å². The van der Waals surface area contributed by atoms with Crippen molar-refractivity contribution >= 4 is 11.9 Å². The van der Waals surface area contributed by atoms with E-state index in [0.29, 0.717) is 5.95 Å². The zero-order valence-corrected chi connectivity index (χ0v) is 19.1. The first-order valence-corrected chi connectivity index (χ1v) is 11.1. The van der Waals surface area contributed by atoms with Gasteiger partial charge in [0.25, 0.3) is 5.91 Å². The van der Waals surface area contributed by atoms with Gasteiger partial charge in [0.15, 0.2) is 18.2 Å². The quantitative estimate of drug-likeness (QED) is 0.765. The molecule has 7 nitrogen and oxygen atoms in total. The van der Waals surface area contributed by atoms with E-state index in [4.69, 9.17) is 14.5 Å². The molecule has 0 unspecified atom stereocenters. The van der Waals surface area contributed by atoms with Gasteiger partial charge in [-0.05, 0) is 44.2 Å². The monoisotopic (exact) mass is 442 g/mol. The highest BCUT2D eigenvalue weighted by molar-refractivity contribution is 5.78. The van der Waals surface area contributed by atoms with E-state index in [1.165, 1.54) is 12.1 Å². The summed E-state index contributed by atoms with van der Waals surface area (Å²) in [4.78, 5) is 24.3. The third kappa shape index (κ3) is 5.18. The van der Waals surface area contributed by atoms with Crippen LogP contribution >= 0.6 is 0 Å². The first-order valence-electron chi connectivity index (χ1n) is 11.1. The number of rotatable bonds is 5. The zero-order chi connectivity index (χ0) is 22.9. The SMILES string of the molecule is C[C@@H]1CN(c2ncc3c(n2)CC(C)(C)C[C@H]3NC(=O)COc2ccccc2F)C[C@H](C)O1. The number of hydrogen-bond acceptors (Lipinski definition) is 6. The number of anilines is 1. The number of amides is 1. The van der Waals surface area contributed by atoms with Crippen molar-refractivity contribution in [2.75, 3.05) is 24.6 Å². The number of morpholine rings is 1. The van der Waals surface area contributed by atoms with Crippen molar-refractivity contribution in [1.82, 2.24) is 15.3 Å². The summed E-state index contributed by atoms with van der Waals surface area (Å²) in [5.41, 5.74) is 1.86. The van der Waals surface area contributed by atoms with Crippen LogP contribution in [0, 0.1) is 11.2 Å². The minimum absolute atomic E-state index is 0.0332. The zero-order valence-electron chi connectivity index (χ0n) is 19.1. The number of hydrogen-bond donors (Lipinski definition) is 1. The molecule has 1 aliphatic carbocycles. The second-order valence-electron chi connectivity index (χ2n) is 9.62. The van der Waals surface area contributed by atoms with Crippen molar-refractivity contribution < 1.29 is 18.7 Å². The van der Waals surface area contributed by atoms with Crippen LogP contribution in [0.15, 0.2) is 30.5 Å². The summed E-state index contributed by atoms with van der Waals surface area (Å²) in [5.74, 6) is -0.0238. The molecule has 2 aromatic rings. The minimum atomic E-state index is -0.489. The highest BCUT2D eigenvalue weighted by Gasteiger charge is 2.35. The van der Waals surface area contributed by atoms with Gasteiger partial charge in [-0.1, -0.05) is 26.0 Å². The van der Waals surface area contributed by atoms with Crippen molar-refractivity contribution in [3.8, 4) is 5.75 Å². The molecule has 2 heterocycles. The normalized spacial score (nSPS) is 24.5. The van der Waals surface area contributed by atoms with Gasteiger partial charge in [0.2, 0.25) is 5.95 Å². The van der Waals surface area contributed by atoms with Crippen molar-refractivity contribution in [3.63, 3.8) is 0 Å². The van der Waals surface area contributed by atoms with Gasteiger partial charge in [-0.2, -0.15) is 0 Å². The molecule has 172 valence electrons. The molecule has 32 heavy (non-hydrogen) atoms. The average molecular weight is 443 g/mol. The number of carbonyl (C=O) groups excluding carboxylic acids is 1. The summed E-state index contributed by atoms with van der Waals surface area (Å²) < 4.78 is 24.9. The number of para-hydroxylation sites is 1. The summed E-state index contributed by atoms with van der Waals surface area (Å²) in [7, 11) is 0. The summed E-state index contributed by atoms with van der Waals surface area (Å²) in [6, 6.07) is 5.83. The van der Waals surface area contributed by atoms with E-state index in [1.807, 2.05) is 6.20 Å². The average Bonchev–Trinajstić information content (AvgIpc) is 2.71. The number of halogens is 1. The van der Waals surface area contributed by atoms with Gasteiger partial charge >= 0.3 is 0 Å². The van der Waals surface area contributed by atoms with Crippen LogP contribution < -0.4 is 15.0 Å². The lowest BCUT2D eigenvalue weighted by Crippen LogP contribution is -2.46. The molecule has 0 bridgehead atoms. The maximum Gasteiger partial charge on any atom is 0.258 e. The van der Waals surface area contributed by atoms with Crippen LogP contribution in [0.1, 0.15) is 51.4 Å². The maximum absolute atomic E-state index is 13.8. The largest absolute Gasteiger partial charge is 0.481 e. The predicted molar refractivity (Wildman–Crippen MR) is 119 cm³/mol. The molecule has 0 spiro atoms. The Morgan fingerprint density at radius 3 is 2.72 bits per heavy atom. The Hall–Kier alpha value is -2.74. The second kappa shape index (κ2) is 9.02. The smallest absolute Gasteiger partial charge is 0.258 e. The minimum Gasteiger partial charge on any atom is -0.481 e. The number of carbonyl (C=O) groups is 1. The number of nitrogens with one attached hydrogen (secondary N) is 1. The van der Waals surface area contributed by atoms with Crippen LogP contribution in [0.4, 0.5) is 10.3 Å². The van der Waals surface area contributed by atoms with Crippen LogP contribution in [-0.2, 0) is 16.0 Å². The molecule has 2 aliphatic rings. The molecule has 3 atom stereocenters. The fraction of sp³-hybridized carbons (Fsp3) is 0.542. The molecule has 1 N–H and O–H groups in total. The fourth-order valence-electron chi connectivity index (χ4n) is 4.60. The molecule has 1 saturated heterocycles. The van der Waals surface area contributed by atoms with E-state index < -0.39 is 5.82 Å². The first kappa shape index (κ1) is 22.5. The summed E-state index contributed by atoms with van der Waals surface area (Å²) in [6.07, 6.45) is 3.65. The molecule has 1 amide bonds. The third-order valence-corrected chi connectivity index (χ3v) is 5.90. The summed E-state index contributed by atoms with van der Waals surface area (Å²) in [6.45, 7) is 9.70. The summed E-state index contributed by atoms with van der Waals surface area (Å²) >= 11 is 0. The number of aromatic nitrogens is 2. The first-order chi connectivity index (χ1) is 15.2. The van der Waals surface area contributed by atoms with Gasteiger partial charge < -0.3 is 19.7 Å². The van der Waals surface area contributed by atoms with Crippen molar-refractivity contribution in [1.29, 1.82) is 0 Å². The number of benzene rings is 1. The van der Waals surface area contributed by atoms with Gasteiger partial charge in [-0.15, -0.1) is 0 Å². The fourth-order valence-corrected chi connectivity index (χ4v) is 4.60. The van der Waals surface area contributed by atoms with Crippen LogP contribution in [0.25, 0.3) is 0 Å². The van der Waals surface area contributed by atoms with Gasteiger partial charge in [-0.3, -0.25) is 4.79 Å². The second-order valence-corrected chi connectivity index (χ2v) is 9.62. The van der Waals surface area contributed by atoms with Gasteiger partial charge in [-0.25, -0.2) is 14.4 Å². The molecule has 1 aliphatic heterocycles. The van der Waals surface area contributed by atoms with Crippen LogP contribution in [-0.4, -0.2) is 47.8 Å². The van der Waals surface area contributed by atoms with Crippen LogP contribution in [0.5, 0.6) is 5.75 Å². The molecule has 1 aromatic heterocycles. The van der Waals surface area contributed by atoms with E-state index >= 15 is 0 Å². The van der Waals surface area contributed by atoms with E-state index in [1.54, 1.807) is 12.1 Å². The van der Waals surface area contributed by atoms with E-state index in [-0.39, 0.29) is 41.9 Å². The molecular weight excluding hydrogens is 411 g/mol. The Morgan fingerprint density at radius 2 is 2.00 bits per heavy atom. The lowest BCUT2D eigenvalue weighted by atomic mass is 9.74. The standard InChI is InChI=1S/C24H31FN4O3/c1-15-12-29(13-16(2)32-15)23-26-11-17-19(9-24(3,4)10-20(17)28-23)27-22(30)14-31-21-8-6-5-7-18(21)25/h5-8,11,15-16,19H,9-10,12-14H2,1-4H3,(H,27,30)/t15-,16+,19-/m1/s1. The van der Waals surface area contributed by atoms with Crippen LogP contribution in [0.2, 0.25) is 0 Å². The Balaban J connectivity index is 1.48. The maximum atomic E-state index is 13.8. The van der Waals surface area contributed by atoms with Crippen molar-refractivity contribution in [2.45, 2.75) is 58.8 Å². The Kier molecular flexibility index (Phi) is 6.33. The lowest BCUT2D eigenvalue weighted by molar-refractivity contribution is -0.124. The van der Waals surface area contributed by atoms with Crippen molar-refractivity contribution in [2.24, 2.45) is 5.41 Å². The molecular formula is C24H31FN4O3. The molecule has 1 aromatic carbocycles. The molecule has 4 rings (SSSR count). The molecule has 0 saturated carbocycles. The van der Waals surface area contributed by atoms with E-state index in [9.17, 15) is 9.18 Å². The highest BCUT2D eigenvalue weighted by atomic mass is 19.1. The van der Waals surface area contributed by atoms with Crippen molar-refractivity contribution in [3.05, 3.63) is 47.5 Å². The number of ether oxygens (including phenoxy) is 2. The highest BCUT2D eigenvalue weighted by Crippen LogP contribution is 2.40. The Morgan fingerprint density at radius 1 is 1.28 bits per heavy atom. The number of fused-ring (bicyclic) bond motifs is 1. The van der Waals surface area contributed by atoms with E-state index in [0.717, 1.165) is 37.2 Å². The van der Waals surface area contributed by atoms with Crippen LogP contribution in [0.3, 0.4) is 0 Å². The number of nitrogens with zero attached hydrogens (tertiary/aromatic N) is 3. The third-order valence-electron chi connectivity index (χ3n) is 5.90. The Labute approximate surface area is 188 Å². The van der Waals surface area contributed by atoms with Gasteiger partial charge in [0.05, 0.1) is 23.9 Å². The predicted octanol–water partition coefficient (Wildman–Crippen LogP) is 3.44. The Bertz CT molecular complexity index is 973. The van der Waals surface area contributed by atoms with E-state index in [2.05, 4.69) is 42.9 Å². The lowest BCUT2D eigenvalue weighted by Gasteiger charge is -2.38. The van der Waals surface area contributed by atoms with Gasteiger partial charge in [0, 0.05) is 24.8 Å². The molecule has 8 heteroatoms. The molecule has 0 radical (unpaired) electrons.